The lowest BCUT2D eigenvalue weighted by Crippen LogP contribution is -2.11. The number of rotatable bonds is 12. The Morgan fingerprint density at radius 3 is 0.778 bits per heavy atom. The molecular formula is C46H68O8. The van der Waals surface area contributed by atoms with Crippen molar-refractivity contribution in [2.45, 2.75) is 110 Å². The van der Waals surface area contributed by atoms with Gasteiger partial charge in [0.05, 0.1) is 14.2 Å². The van der Waals surface area contributed by atoms with E-state index in [1.807, 2.05) is 128 Å². The lowest BCUT2D eigenvalue weighted by Gasteiger charge is -2.06. The van der Waals surface area contributed by atoms with E-state index in [0.717, 1.165) is 35.5 Å². The van der Waals surface area contributed by atoms with Gasteiger partial charge in [-0.15, -0.1) is 0 Å². The maximum atomic E-state index is 11.4. The van der Waals surface area contributed by atoms with Gasteiger partial charge in [0.15, 0.2) is 0 Å². The summed E-state index contributed by atoms with van der Waals surface area (Å²) in [5.74, 6) is 1.08. The van der Waals surface area contributed by atoms with Gasteiger partial charge in [0.2, 0.25) is 0 Å². The molecule has 0 unspecified atom stereocenters. The van der Waals surface area contributed by atoms with E-state index in [2.05, 4.69) is 0 Å². The summed E-state index contributed by atoms with van der Waals surface area (Å²) in [6, 6.07) is 30.3. The van der Waals surface area contributed by atoms with Gasteiger partial charge in [-0.3, -0.25) is 19.2 Å². The zero-order valence-electron chi connectivity index (χ0n) is 33.3. The fraction of sp³-hybridized carbons (Fsp3) is 0.391. The lowest BCUT2D eigenvalue weighted by molar-refractivity contribution is -0.139. The van der Waals surface area contributed by atoms with Crippen molar-refractivity contribution in [1.82, 2.24) is 0 Å². The Kier molecular flexibility index (Phi) is 35.8. The van der Waals surface area contributed by atoms with E-state index < -0.39 is 11.9 Å². The monoisotopic (exact) mass is 748 g/mol. The molecule has 300 valence electrons. The first-order chi connectivity index (χ1) is 25.1. The molecule has 0 bridgehead atoms. The summed E-state index contributed by atoms with van der Waals surface area (Å²) in [5, 5.41) is 0. The summed E-state index contributed by atoms with van der Waals surface area (Å²) in [5.41, 5.74) is 4.55. The van der Waals surface area contributed by atoms with Crippen LogP contribution in [0, 0.1) is 0 Å². The molecule has 8 nitrogen and oxygen atoms in total. The summed E-state index contributed by atoms with van der Waals surface area (Å²) in [6.45, 7) is 18.7. The maximum Gasteiger partial charge on any atom is 0.318 e. The molecule has 8 heteroatoms. The SMILES string of the molecule is C.C.CC.CC.CC.CC.COc1ccc(Cc2ccc(OC(=O)CC(C)=O)cc2)cc1.COc1ccc(Cc2ccc(OC(=O)CC(C)=O)cc2)cc1. The third-order valence-corrected chi connectivity index (χ3v) is 6.23. The third kappa shape index (κ3) is 24.9. The second-order valence-electron chi connectivity index (χ2n) is 10.0. The van der Waals surface area contributed by atoms with Gasteiger partial charge in [-0.1, -0.05) is 119 Å². The van der Waals surface area contributed by atoms with Crippen LogP contribution in [-0.2, 0) is 32.0 Å². The van der Waals surface area contributed by atoms with Crippen LogP contribution < -0.4 is 18.9 Å². The second kappa shape index (κ2) is 34.8. The van der Waals surface area contributed by atoms with Gasteiger partial charge < -0.3 is 18.9 Å². The minimum Gasteiger partial charge on any atom is -0.497 e. The van der Waals surface area contributed by atoms with Crippen molar-refractivity contribution < 1.29 is 38.1 Å². The summed E-state index contributed by atoms with van der Waals surface area (Å²) in [6.07, 6.45) is 1.17. The van der Waals surface area contributed by atoms with E-state index in [1.165, 1.54) is 25.0 Å². The molecule has 0 aliphatic carbocycles. The van der Waals surface area contributed by atoms with E-state index >= 15 is 0 Å². The van der Waals surface area contributed by atoms with E-state index in [9.17, 15) is 19.2 Å². The van der Waals surface area contributed by atoms with Gasteiger partial charge in [-0.2, -0.15) is 0 Å². The Morgan fingerprint density at radius 2 is 0.593 bits per heavy atom. The van der Waals surface area contributed by atoms with E-state index in [0.29, 0.717) is 11.5 Å². The Morgan fingerprint density at radius 1 is 0.389 bits per heavy atom. The summed E-state index contributed by atoms with van der Waals surface area (Å²) >= 11 is 0. The van der Waals surface area contributed by atoms with Crippen molar-refractivity contribution in [2.75, 3.05) is 14.2 Å². The van der Waals surface area contributed by atoms with Crippen LogP contribution in [0.15, 0.2) is 97.1 Å². The van der Waals surface area contributed by atoms with Crippen LogP contribution in [0.4, 0.5) is 0 Å². The topological polar surface area (TPSA) is 105 Å². The van der Waals surface area contributed by atoms with Crippen molar-refractivity contribution in [3.8, 4) is 23.0 Å². The average molecular weight is 749 g/mol. The van der Waals surface area contributed by atoms with Crippen molar-refractivity contribution >= 4 is 23.5 Å². The summed E-state index contributed by atoms with van der Waals surface area (Å²) in [4.78, 5) is 44.5. The fourth-order valence-electron chi connectivity index (χ4n) is 4.05. The second-order valence-corrected chi connectivity index (χ2v) is 10.0. The number of methoxy groups -OCH3 is 2. The van der Waals surface area contributed by atoms with Crippen LogP contribution in [0.5, 0.6) is 23.0 Å². The molecule has 0 amide bonds. The predicted octanol–water partition coefficient (Wildman–Crippen LogP) is 11.7. The number of benzene rings is 4. The van der Waals surface area contributed by atoms with E-state index in [4.69, 9.17) is 18.9 Å². The minimum absolute atomic E-state index is 0. The molecule has 0 heterocycles. The third-order valence-electron chi connectivity index (χ3n) is 6.23. The smallest absolute Gasteiger partial charge is 0.318 e. The number of carbonyl (C=O) groups excluding carboxylic acids is 4. The molecule has 0 aromatic heterocycles. The molecule has 0 radical (unpaired) electrons. The van der Waals surface area contributed by atoms with Gasteiger partial charge in [0, 0.05) is 0 Å². The van der Waals surface area contributed by atoms with Crippen LogP contribution in [0.1, 0.15) is 119 Å². The highest BCUT2D eigenvalue weighted by Crippen LogP contribution is 2.19. The number of ether oxygens (including phenoxy) is 4. The standard InChI is InChI=1S/2C18H18O4.4C2H6.2CH4/c2*1-13(19)11-18(20)22-17-9-5-15(6-10-17)12-14-3-7-16(21-2)8-4-14;4*1-2;;/h2*3-10H,11-12H2,1-2H3;4*1-2H3;2*1H4. The van der Waals surface area contributed by atoms with Crippen LogP contribution >= 0.6 is 0 Å². The van der Waals surface area contributed by atoms with Crippen LogP contribution in [-0.4, -0.2) is 37.7 Å². The molecular weight excluding hydrogens is 680 g/mol. The Hall–Kier alpha value is -5.24. The van der Waals surface area contributed by atoms with Crippen molar-refractivity contribution in [1.29, 1.82) is 0 Å². The normalized spacial score (nSPS) is 8.67. The zero-order chi connectivity index (χ0) is 39.9. The zero-order valence-corrected chi connectivity index (χ0v) is 33.3. The first kappa shape index (κ1) is 55.5. The lowest BCUT2D eigenvalue weighted by atomic mass is 10.0. The molecule has 4 rings (SSSR count). The molecule has 0 saturated heterocycles. The molecule has 4 aromatic carbocycles. The number of ketones is 2. The van der Waals surface area contributed by atoms with Crippen LogP contribution in [0.2, 0.25) is 0 Å². The number of hydrogen-bond acceptors (Lipinski definition) is 8. The molecule has 0 atom stereocenters. The van der Waals surface area contributed by atoms with Gasteiger partial charge >= 0.3 is 11.9 Å². The Balaban J connectivity index is -0.000000379. The van der Waals surface area contributed by atoms with E-state index in [-0.39, 0.29) is 39.3 Å². The van der Waals surface area contributed by atoms with Gasteiger partial charge in [-0.25, -0.2) is 0 Å². The highest BCUT2D eigenvalue weighted by molar-refractivity contribution is 5.95. The highest BCUT2D eigenvalue weighted by atomic mass is 16.5. The van der Waals surface area contributed by atoms with Crippen LogP contribution in [0.3, 0.4) is 0 Å². The molecule has 0 saturated carbocycles. The Bertz CT molecular complexity index is 1410. The molecule has 4 aromatic rings. The van der Waals surface area contributed by atoms with Crippen molar-refractivity contribution in [3.63, 3.8) is 0 Å². The van der Waals surface area contributed by atoms with Crippen molar-refractivity contribution in [2.24, 2.45) is 0 Å². The highest BCUT2D eigenvalue weighted by Gasteiger charge is 2.09. The average Bonchev–Trinajstić information content (AvgIpc) is 3.17. The first-order valence-corrected chi connectivity index (χ1v) is 18.0. The van der Waals surface area contributed by atoms with E-state index in [1.54, 1.807) is 38.5 Å². The molecule has 0 aliphatic rings. The number of esters is 2. The van der Waals surface area contributed by atoms with Crippen molar-refractivity contribution in [3.05, 3.63) is 119 Å². The molecule has 54 heavy (non-hydrogen) atoms. The fourth-order valence-corrected chi connectivity index (χ4v) is 4.05. The summed E-state index contributed by atoms with van der Waals surface area (Å²) in [7, 11) is 3.28. The molecule has 0 spiro atoms. The molecule has 0 fully saturated rings. The first-order valence-electron chi connectivity index (χ1n) is 18.0. The van der Waals surface area contributed by atoms with Gasteiger partial charge in [-0.05, 0) is 97.5 Å². The number of hydrogen-bond donors (Lipinski definition) is 0. The predicted molar refractivity (Wildman–Crippen MR) is 225 cm³/mol. The molecule has 0 aliphatic heterocycles. The Labute approximate surface area is 327 Å². The van der Waals surface area contributed by atoms with Gasteiger partial charge in [0.1, 0.15) is 47.4 Å². The van der Waals surface area contributed by atoms with Gasteiger partial charge in [0.25, 0.3) is 0 Å². The number of Topliss-reactive ketones (excluding diaryl/α,β-unsaturated/α-hetero) is 2. The van der Waals surface area contributed by atoms with Crippen LogP contribution in [0.25, 0.3) is 0 Å². The largest absolute Gasteiger partial charge is 0.497 e. The number of carbonyl (C=O) groups is 4. The summed E-state index contributed by atoms with van der Waals surface area (Å²) < 4.78 is 20.4. The molecule has 0 N–H and O–H groups in total. The quantitative estimate of drug-likeness (QED) is 0.0801. The minimum atomic E-state index is -0.532. The maximum absolute atomic E-state index is 11.4.